The largest absolute Gasteiger partial charge is 0.466 e. The Morgan fingerprint density at radius 2 is 0.793 bits per heavy atom. The van der Waals surface area contributed by atoms with Crippen LogP contribution in [0.2, 0.25) is 0 Å². The van der Waals surface area contributed by atoms with Crippen LogP contribution in [0.4, 0.5) is 0 Å². The summed E-state index contributed by atoms with van der Waals surface area (Å²) >= 11 is 0. The maximum atomic E-state index is 12.4. The van der Waals surface area contributed by atoms with E-state index in [0.717, 1.165) is 57.8 Å². The van der Waals surface area contributed by atoms with Crippen LogP contribution >= 0.6 is 0 Å². The fraction of sp³-hybridized carbons (Fsp3) is 0.923. The number of esters is 1. The summed E-state index contributed by atoms with van der Waals surface area (Å²) in [4.78, 5) is 24.4. The topological polar surface area (TPSA) is 95.9 Å². The second kappa shape index (κ2) is 48.3. The zero-order valence-electron chi connectivity index (χ0n) is 39.0. The molecule has 0 rings (SSSR count). The van der Waals surface area contributed by atoms with E-state index in [4.69, 9.17) is 4.74 Å². The first-order valence-corrected chi connectivity index (χ1v) is 26.0. The van der Waals surface area contributed by atoms with Gasteiger partial charge in [-0.1, -0.05) is 251 Å². The fourth-order valence-corrected chi connectivity index (χ4v) is 8.05. The van der Waals surface area contributed by atoms with Crippen molar-refractivity contribution in [2.24, 2.45) is 0 Å². The number of allylic oxidation sites excluding steroid dienone is 1. The lowest BCUT2D eigenvalue weighted by molar-refractivity contribution is -0.143. The number of unbranched alkanes of at least 4 members (excludes halogenated alkanes) is 37. The fourth-order valence-electron chi connectivity index (χ4n) is 8.05. The molecule has 1 amide bonds. The molecule has 344 valence electrons. The summed E-state index contributed by atoms with van der Waals surface area (Å²) in [6, 6.07) is -0.633. The monoisotopic (exact) mass is 820 g/mol. The Bertz CT molecular complexity index is 863. The van der Waals surface area contributed by atoms with Crippen LogP contribution in [0.5, 0.6) is 0 Å². The summed E-state index contributed by atoms with van der Waals surface area (Å²) in [5.41, 5.74) is 0. The van der Waals surface area contributed by atoms with E-state index in [9.17, 15) is 19.8 Å². The van der Waals surface area contributed by atoms with Gasteiger partial charge in [0.15, 0.2) is 0 Å². The van der Waals surface area contributed by atoms with E-state index in [-0.39, 0.29) is 18.5 Å². The maximum absolute atomic E-state index is 12.4. The summed E-state index contributed by atoms with van der Waals surface area (Å²) in [5, 5.41) is 22.9. The Kier molecular flexibility index (Phi) is 47.1. The molecule has 0 aromatic heterocycles. The first kappa shape index (κ1) is 56.6. The van der Waals surface area contributed by atoms with Crippen molar-refractivity contribution in [3.63, 3.8) is 0 Å². The lowest BCUT2D eigenvalue weighted by Gasteiger charge is -2.20. The molecule has 3 N–H and O–H groups in total. The van der Waals surface area contributed by atoms with E-state index in [0.29, 0.717) is 19.4 Å². The third-order valence-electron chi connectivity index (χ3n) is 12.1. The van der Waals surface area contributed by atoms with Gasteiger partial charge in [0.1, 0.15) is 0 Å². The molecule has 0 spiro atoms. The number of carbonyl (C=O) groups is 2. The molecule has 0 aromatic rings. The number of hydrogen-bond donors (Lipinski definition) is 3. The highest BCUT2D eigenvalue weighted by molar-refractivity contribution is 5.76. The Labute approximate surface area is 361 Å². The van der Waals surface area contributed by atoms with Gasteiger partial charge in [0.05, 0.1) is 25.4 Å². The molecule has 0 aliphatic heterocycles. The van der Waals surface area contributed by atoms with Crippen LogP contribution < -0.4 is 5.32 Å². The number of ether oxygens (including phenoxy) is 1. The molecule has 0 heterocycles. The summed E-state index contributed by atoms with van der Waals surface area (Å²) in [5.74, 6) is -0.0793. The molecule has 2 atom stereocenters. The van der Waals surface area contributed by atoms with Gasteiger partial charge in [0.25, 0.3) is 0 Å². The SMILES string of the molecule is CCCCCCCCCC/C=C/C(O)C(CO)NC(=O)CCCCCCCCCCCCCCCCOC(=O)CCCCCCCCCCCCCCCCCCC. The first-order valence-electron chi connectivity index (χ1n) is 26.0. The van der Waals surface area contributed by atoms with Gasteiger partial charge < -0.3 is 20.3 Å². The molecule has 0 aliphatic rings. The van der Waals surface area contributed by atoms with Gasteiger partial charge in [-0.05, 0) is 32.1 Å². The van der Waals surface area contributed by atoms with Crippen molar-refractivity contribution in [2.75, 3.05) is 13.2 Å². The number of amides is 1. The minimum Gasteiger partial charge on any atom is -0.466 e. The van der Waals surface area contributed by atoms with Crippen molar-refractivity contribution in [3.05, 3.63) is 12.2 Å². The highest BCUT2D eigenvalue weighted by atomic mass is 16.5. The van der Waals surface area contributed by atoms with Gasteiger partial charge in [-0.2, -0.15) is 0 Å². The van der Waals surface area contributed by atoms with E-state index in [2.05, 4.69) is 19.2 Å². The van der Waals surface area contributed by atoms with E-state index >= 15 is 0 Å². The molecular weight excluding hydrogens is 719 g/mol. The minimum absolute atomic E-state index is 0.000245. The van der Waals surface area contributed by atoms with Crippen molar-refractivity contribution in [3.8, 4) is 0 Å². The second-order valence-electron chi connectivity index (χ2n) is 17.9. The molecule has 58 heavy (non-hydrogen) atoms. The Balaban J connectivity index is 3.41. The normalized spacial score (nSPS) is 12.7. The Morgan fingerprint density at radius 1 is 0.466 bits per heavy atom. The molecule has 2 unspecified atom stereocenters. The first-order chi connectivity index (χ1) is 28.5. The third kappa shape index (κ3) is 44.2. The molecular formula is C52H101NO5. The van der Waals surface area contributed by atoms with E-state index in [1.807, 2.05) is 6.08 Å². The molecule has 0 radical (unpaired) electrons. The Hall–Kier alpha value is -1.40. The zero-order valence-corrected chi connectivity index (χ0v) is 39.0. The summed E-state index contributed by atoms with van der Waals surface area (Å²) in [6.45, 7) is 4.87. The van der Waals surface area contributed by atoms with Gasteiger partial charge in [0.2, 0.25) is 5.91 Å². The van der Waals surface area contributed by atoms with Gasteiger partial charge in [0, 0.05) is 12.8 Å². The van der Waals surface area contributed by atoms with Crippen molar-refractivity contribution in [1.29, 1.82) is 0 Å². The molecule has 0 aliphatic carbocycles. The van der Waals surface area contributed by atoms with Crippen LogP contribution in [-0.2, 0) is 14.3 Å². The predicted octanol–water partition coefficient (Wildman–Crippen LogP) is 15.3. The minimum atomic E-state index is -0.848. The van der Waals surface area contributed by atoms with Gasteiger partial charge in [-0.3, -0.25) is 9.59 Å². The maximum Gasteiger partial charge on any atom is 0.305 e. The molecule has 0 fully saturated rings. The summed E-state index contributed by atoms with van der Waals surface area (Å²) in [6.07, 6.45) is 55.0. The zero-order chi connectivity index (χ0) is 42.3. The van der Waals surface area contributed by atoms with Crippen LogP contribution in [0.15, 0.2) is 12.2 Å². The Morgan fingerprint density at radius 3 is 1.17 bits per heavy atom. The van der Waals surface area contributed by atoms with Crippen molar-refractivity contribution < 1.29 is 24.5 Å². The number of aliphatic hydroxyl groups is 2. The van der Waals surface area contributed by atoms with Crippen molar-refractivity contribution >= 4 is 11.9 Å². The number of nitrogens with one attached hydrogen (secondary N) is 1. The van der Waals surface area contributed by atoms with E-state index in [1.165, 1.54) is 199 Å². The van der Waals surface area contributed by atoms with Crippen LogP contribution in [0.3, 0.4) is 0 Å². The average molecular weight is 820 g/mol. The van der Waals surface area contributed by atoms with Crippen LogP contribution in [0.25, 0.3) is 0 Å². The van der Waals surface area contributed by atoms with Gasteiger partial charge >= 0.3 is 5.97 Å². The molecule has 0 bridgehead atoms. The molecule has 6 nitrogen and oxygen atoms in total. The number of hydrogen-bond acceptors (Lipinski definition) is 5. The lowest BCUT2D eigenvalue weighted by atomic mass is 10.0. The molecule has 0 saturated carbocycles. The van der Waals surface area contributed by atoms with Crippen LogP contribution in [0.1, 0.15) is 284 Å². The van der Waals surface area contributed by atoms with E-state index in [1.54, 1.807) is 6.08 Å². The quantitative estimate of drug-likeness (QED) is 0.0323. The van der Waals surface area contributed by atoms with Gasteiger partial charge in [-0.25, -0.2) is 0 Å². The lowest BCUT2D eigenvalue weighted by Crippen LogP contribution is -2.45. The highest BCUT2D eigenvalue weighted by Gasteiger charge is 2.18. The average Bonchev–Trinajstić information content (AvgIpc) is 3.22. The van der Waals surface area contributed by atoms with Crippen molar-refractivity contribution in [2.45, 2.75) is 296 Å². The van der Waals surface area contributed by atoms with Crippen molar-refractivity contribution in [1.82, 2.24) is 5.32 Å². The van der Waals surface area contributed by atoms with Crippen LogP contribution in [0, 0.1) is 0 Å². The molecule has 0 saturated heterocycles. The second-order valence-corrected chi connectivity index (χ2v) is 17.9. The summed E-state index contributed by atoms with van der Waals surface area (Å²) < 4.78 is 5.47. The molecule has 6 heteroatoms. The number of carbonyl (C=O) groups excluding carboxylic acids is 2. The summed E-state index contributed by atoms with van der Waals surface area (Å²) in [7, 11) is 0. The number of aliphatic hydroxyl groups excluding tert-OH is 2. The van der Waals surface area contributed by atoms with Gasteiger partial charge in [-0.15, -0.1) is 0 Å². The van der Waals surface area contributed by atoms with Crippen LogP contribution in [-0.4, -0.2) is 47.4 Å². The third-order valence-corrected chi connectivity index (χ3v) is 12.1. The number of rotatable bonds is 48. The van der Waals surface area contributed by atoms with E-state index < -0.39 is 12.1 Å². The smallest absolute Gasteiger partial charge is 0.305 e. The predicted molar refractivity (Wildman–Crippen MR) is 250 cm³/mol. The highest BCUT2D eigenvalue weighted by Crippen LogP contribution is 2.16. The molecule has 0 aromatic carbocycles. The standard InChI is InChI=1S/C52H101NO5/c1-3-5-7-9-11-13-15-16-17-18-19-23-26-30-34-38-42-46-52(57)58-47-43-39-35-31-27-24-21-20-22-25-29-33-37-41-45-51(56)53-49(48-54)50(55)44-40-36-32-28-14-12-10-8-6-4-2/h40,44,49-50,54-55H,3-39,41-43,45-48H2,1-2H3,(H,53,56)/b44-40+.